The lowest BCUT2D eigenvalue weighted by atomic mass is 10.1. The molecule has 0 saturated heterocycles. The van der Waals surface area contributed by atoms with Gasteiger partial charge in [0.05, 0.1) is 15.9 Å². The lowest BCUT2D eigenvalue weighted by Gasteiger charge is -2.20. The van der Waals surface area contributed by atoms with E-state index in [0.29, 0.717) is 0 Å². The molecule has 0 radical (unpaired) electrons. The molecule has 26 heavy (non-hydrogen) atoms. The number of nitrogens with one attached hydrogen (secondary N) is 1. The van der Waals surface area contributed by atoms with E-state index < -0.39 is 49.8 Å². The van der Waals surface area contributed by atoms with Crippen molar-refractivity contribution >= 4 is 33.3 Å². The van der Waals surface area contributed by atoms with Crippen molar-refractivity contribution in [3.05, 3.63) is 69.0 Å². The van der Waals surface area contributed by atoms with E-state index in [2.05, 4.69) is 4.72 Å². The molecule has 1 N–H and O–H groups in total. The molecule has 0 aliphatic heterocycles. The van der Waals surface area contributed by atoms with E-state index >= 15 is 0 Å². The molecular formula is C15H11ClFN2O6S-. The van der Waals surface area contributed by atoms with Crippen molar-refractivity contribution in [1.82, 2.24) is 4.72 Å². The van der Waals surface area contributed by atoms with Crippen LogP contribution in [0, 0.1) is 15.9 Å². The molecule has 8 nitrogen and oxygen atoms in total. The minimum Gasteiger partial charge on any atom is -0.550 e. The van der Waals surface area contributed by atoms with Gasteiger partial charge in [0.25, 0.3) is 5.69 Å². The van der Waals surface area contributed by atoms with Crippen molar-refractivity contribution in [1.29, 1.82) is 0 Å². The molecule has 2 aromatic rings. The summed E-state index contributed by atoms with van der Waals surface area (Å²) in [6, 6.07) is 6.09. The molecule has 11 heteroatoms. The molecule has 0 saturated carbocycles. The second-order valence-electron chi connectivity index (χ2n) is 5.17. The average molecular weight is 402 g/mol. The van der Waals surface area contributed by atoms with Crippen molar-refractivity contribution in [2.24, 2.45) is 0 Å². The fourth-order valence-electron chi connectivity index (χ4n) is 2.14. The molecule has 0 bridgehead atoms. The third-order valence-electron chi connectivity index (χ3n) is 3.37. The Kier molecular flexibility index (Phi) is 5.90. The van der Waals surface area contributed by atoms with E-state index in [9.17, 15) is 32.8 Å². The number of halogens is 2. The van der Waals surface area contributed by atoms with Crippen LogP contribution in [0.4, 0.5) is 10.1 Å². The number of benzene rings is 2. The summed E-state index contributed by atoms with van der Waals surface area (Å²) in [7, 11) is -4.33. The Morgan fingerprint density at radius 3 is 2.38 bits per heavy atom. The minimum atomic E-state index is -4.33. The first-order valence-electron chi connectivity index (χ1n) is 7.02. The first-order chi connectivity index (χ1) is 12.1. The van der Waals surface area contributed by atoms with E-state index in [1.54, 1.807) is 0 Å². The zero-order valence-electron chi connectivity index (χ0n) is 12.9. The van der Waals surface area contributed by atoms with Gasteiger partial charge in [0, 0.05) is 18.5 Å². The summed E-state index contributed by atoms with van der Waals surface area (Å²) in [6.07, 6.45) is -0.722. The third kappa shape index (κ3) is 4.75. The number of sulfonamides is 1. The van der Waals surface area contributed by atoms with Crippen LogP contribution in [0.2, 0.25) is 5.02 Å². The van der Waals surface area contributed by atoms with Gasteiger partial charge in [-0.15, -0.1) is 0 Å². The second-order valence-corrected chi connectivity index (χ2v) is 7.29. The van der Waals surface area contributed by atoms with Gasteiger partial charge >= 0.3 is 0 Å². The quantitative estimate of drug-likeness (QED) is 0.553. The number of nitro benzene ring substituents is 1. The number of carbonyl (C=O) groups is 1. The lowest BCUT2D eigenvalue weighted by molar-refractivity contribution is -0.384. The molecule has 0 unspecified atom stereocenters. The number of carboxylic acids is 1. The van der Waals surface area contributed by atoms with E-state index in [0.717, 1.165) is 30.3 Å². The normalized spacial score (nSPS) is 12.5. The van der Waals surface area contributed by atoms with E-state index in [4.69, 9.17) is 11.6 Å². The van der Waals surface area contributed by atoms with Crippen LogP contribution in [0.25, 0.3) is 0 Å². The van der Waals surface area contributed by atoms with Crippen molar-refractivity contribution in [3.63, 3.8) is 0 Å². The number of nitrogens with zero attached hydrogens (tertiary/aromatic N) is 1. The van der Waals surface area contributed by atoms with Crippen LogP contribution < -0.4 is 9.83 Å². The molecule has 0 spiro atoms. The third-order valence-corrected chi connectivity index (χ3v) is 5.15. The maximum atomic E-state index is 13.0. The molecule has 0 aliphatic rings. The zero-order valence-corrected chi connectivity index (χ0v) is 14.5. The Balaban J connectivity index is 2.40. The van der Waals surface area contributed by atoms with Gasteiger partial charge in [-0.05, 0) is 29.8 Å². The number of aliphatic carboxylic acids is 1. The first-order valence-corrected chi connectivity index (χ1v) is 8.88. The summed E-state index contributed by atoms with van der Waals surface area (Å²) in [5.41, 5.74) is -0.435. The molecule has 1 atom stereocenters. The SMILES string of the molecule is O=C([O-])C[C@@H](NS(=O)(=O)c1ccc(Cl)c([N+](=O)[O-])c1)c1ccc(F)cc1. The summed E-state index contributed by atoms with van der Waals surface area (Å²) >= 11 is 5.65. The van der Waals surface area contributed by atoms with Crippen LogP contribution in [-0.2, 0) is 14.8 Å². The van der Waals surface area contributed by atoms with Crippen LogP contribution in [0.1, 0.15) is 18.0 Å². The highest BCUT2D eigenvalue weighted by molar-refractivity contribution is 7.89. The average Bonchev–Trinajstić information content (AvgIpc) is 2.54. The highest BCUT2D eigenvalue weighted by Crippen LogP contribution is 2.28. The summed E-state index contributed by atoms with van der Waals surface area (Å²) in [6.45, 7) is 0. The van der Waals surface area contributed by atoms with Gasteiger partial charge in [0.2, 0.25) is 10.0 Å². The largest absolute Gasteiger partial charge is 0.550 e. The van der Waals surface area contributed by atoms with Crippen LogP contribution in [0.15, 0.2) is 47.4 Å². The molecule has 0 aromatic heterocycles. The van der Waals surface area contributed by atoms with Gasteiger partial charge in [-0.3, -0.25) is 10.1 Å². The lowest BCUT2D eigenvalue weighted by Crippen LogP contribution is -2.34. The Morgan fingerprint density at radius 2 is 1.85 bits per heavy atom. The van der Waals surface area contributed by atoms with Crippen molar-refractivity contribution in [2.45, 2.75) is 17.4 Å². The van der Waals surface area contributed by atoms with Gasteiger partial charge in [-0.1, -0.05) is 23.7 Å². The molecule has 2 rings (SSSR count). The van der Waals surface area contributed by atoms with Gasteiger partial charge in [-0.2, -0.15) is 0 Å². The van der Waals surface area contributed by atoms with Gasteiger partial charge in [0.1, 0.15) is 10.8 Å². The molecule has 0 amide bonds. The number of rotatable bonds is 7. The molecule has 138 valence electrons. The Hall–Kier alpha value is -2.56. The number of nitro groups is 1. The fourth-order valence-corrected chi connectivity index (χ4v) is 3.57. The van der Waals surface area contributed by atoms with Crippen LogP contribution in [0.5, 0.6) is 0 Å². The number of carboxylic acid groups (broad SMARTS) is 1. The van der Waals surface area contributed by atoms with Gasteiger partial charge in [0.15, 0.2) is 0 Å². The molecule has 0 aliphatic carbocycles. The monoisotopic (exact) mass is 401 g/mol. The first kappa shape index (κ1) is 19.8. The highest BCUT2D eigenvalue weighted by Gasteiger charge is 2.25. The molecule has 0 heterocycles. The van der Waals surface area contributed by atoms with Crippen molar-refractivity contribution in [3.8, 4) is 0 Å². The number of carbonyl (C=O) groups excluding carboxylic acids is 1. The Bertz CT molecular complexity index is 949. The van der Waals surface area contributed by atoms with E-state index in [1.165, 1.54) is 12.1 Å². The molecule has 2 aromatic carbocycles. The molecular weight excluding hydrogens is 391 g/mol. The molecule has 0 fully saturated rings. The van der Waals surface area contributed by atoms with Crippen LogP contribution in [0.3, 0.4) is 0 Å². The van der Waals surface area contributed by atoms with Gasteiger partial charge < -0.3 is 9.90 Å². The topological polar surface area (TPSA) is 129 Å². The fraction of sp³-hybridized carbons (Fsp3) is 0.133. The van der Waals surface area contributed by atoms with Crippen molar-refractivity contribution < 1.29 is 27.6 Å². The Labute approximate surface area is 152 Å². The second kappa shape index (κ2) is 7.77. The standard InChI is InChI=1S/C15H12ClFN2O6S/c16-12-6-5-11(7-14(12)19(22)23)26(24,25)18-13(8-15(20)21)9-1-3-10(17)4-2-9/h1-7,13,18H,8H2,(H,20,21)/p-1/t13-/m1/s1. The zero-order chi connectivity index (χ0) is 19.5. The summed E-state index contributed by atoms with van der Waals surface area (Å²) in [5.74, 6) is -2.12. The summed E-state index contributed by atoms with van der Waals surface area (Å²) in [4.78, 5) is 20.5. The van der Waals surface area contributed by atoms with E-state index in [1.807, 2.05) is 0 Å². The maximum Gasteiger partial charge on any atom is 0.289 e. The predicted molar refractivity (Wildman–Crippen MR) is 87.2 cm³/mol. The minimum absolute atomic E-state index is 0.183. The maximum absolute atomic E-state index is 13.0. The summed E-state index contributed by atoms with van der Waals surface area (Å²) < 4.78 is 40.1. The number of hydrogen-bond acceptors (Lipinski definition) is 6. The highest BCUT2D eigenvalue weighted by atomic mass is 35.5. The summed E-state index contributed by atoms with van der Waals surface area (Å²) in [5, 5.41) is 21.6. The van der Waals surface area contributed by atoms with Crippen molar-refractivity contribution in [2.75, 3.05) is 0 Å². The van der Waals surface area contributed by atoms with Crippen LogP contribution in [-0.4, -0.2) is 19.3 Å². The number of hydrogen-bond donors (Lipinski definition) is 1. The Morgan fingerprint density at radius 1 is 1.23 bits per heavy atom. The van der Waals surface area contributed by atoms with Crippen LogP contribution >= 0.6 is 11.6 Å². The van der Waals surface area contributed by atoms with Gasteiger partial charge in [-0.25, -0.2) is 17.5 Å². The van der Waals surface area contributed by atoms with E-state index in [-0.39, 0.29) is 10.6 Å². The smallest absolute Gasteiger partial charge is 0.289 e. The predicted octanol–water partition coefficient (Wildman–Crippen LogP) is 1.55.